The quantitative estimate of drug-likeness (QED) is 0.358. The first kappa shape index (κ1) is 29.3. The number of hydrogen-bond acceptors (Lipinski definition) is 6. The van der Waals surface area contributed by atoms with E-state index in [1.165, 1.54) is 24.3 Å². The second-order valence-corrected chi connectivity index (χ2v) is 9.95. The summed E-state index contributed by atoms with van der Waals surface area (Å²) in [7, 11) is -2.52. The van der Waals surface area contributed by atoms with Gasteiger partial charge < -0.3 is 5.11 Å². The van der Waals surface area contributed by atoms with Gasteiger partial charge in [0.25, 0.3) is 32.0 Å². The SMILES string of the molecule is Cc1ccc(S(=O)(=O)Cl)cc1.Cc1ccc(S(=O)(=O)OCC(F)F)cc1.OCC(F)F. The molecule has 0 saturated heterocycles. The zero-order chi connectivity index (χ0) is 24.2. The Morgan fingerprint density at radius 3 is 1.45 bits per heavy atom. The average Bonchev–Trinajstić information content (AvgIpc) is 2.67. The van der Waals surface area contributed by atoms with Crippen LogP contribution in [0.25, 0.3) is 0 Å². The summed E-state index contributed by atoms with van der Waals surface area (Å²) < 4.78 is 92.7. The zero-order valence-electron chi connectivity index (χ0n) is 16.4. The number of halogens is 5. The van der Waals surface area contributed by atoms with E-state index in [9.17, 15) is 34.4 Å². The van der Waals surface area contributed by atoms with Crippen LogP contribution in [0.4, 0.5) is 17.6 Å². The Kier molecular flexibility index (Phi) is 12.9. The fourth-order valence-electron chi connectivity index (χ4n) is 1.61. The molecule has 0 bridgehead atoms. The first-order chi connectivity index (χ1) is 14.2. The molecule has 2 rings (SSSR count). The van der Waals surface area contributed by atoms with Crippen LogP contribution in [-0.2, 0) is 23.4 Å². The van der Waals surface area contributed by atoms with Gasteiger partial charge >= 0.3 is 0 Å². The molecular formula is C18H21ClF4O6S2. The Morgan fingerprint density at radius 2 is 1.16 bits per heavy atom. The Bertz CT molecular complexity index is 981. The molecule has 0 aliphatic carbocycles. The lowest BCUT2D eigenvalue weighted by Gasteiger charge is -2.04. The van der Waals surface area contributed by atoms with Gasteiger partial charge in [-0.3, -0.25) is 4.18 Å². The van der Waals surface area contributed by atoms with Crippen molar-refractivity contribution in [2.24, 2.45) is 0 Å². The first-order valence-electron chi connectivity index (χ1n) is 8.33. The lowest BCUT2D eigenvalue weighted by Crippen LogP contribution is -2.12. The van der Waals surface area contributed by atoms with Crippen molar-refractivity contribution < 1.29 is 43.7 Å². The molecule has 176 valence electrons. The van der Waals surface area contributed by atoms with Gasteiger partial charge in [-0.15, -0.1) is 0 Å². The minimum absolute atomic E-state index is 0.117. The predicted octanol–water partition coefficient (Wildman–Crippen LogP) is 4.13. The maximum Gasteiger partial charge on any atom is 0.297 e. The Morgan fingerprint density at radius 1 is 0.806 bits per heavy atom. The van der Waals surface area contributed by atoms with E-state index < -0.39 is 45.2 Å². The second-order valence-electron chi connectivity index (χ2n) is 5.77. The van der Waals surface area contributed by atoms with E-state index in [-0.39, 0.29) is 9.79 Å². The molecule has 0 radical (unpaired) electrons. The van der Waals surface area contributed by atoms with Gasteiger partial charge in [-0.25, -0.2) is 26.0 Å². The van der Waals surface area contributed by atoms with Crippen molar-refractivity contribution in [3.63, 3.8) is 0 Å². The van der Waals surface area contributed by atoms with Crippen LogP contribution in [0, 0.1) is 13.8 Å². The van der Waals surface area contributed by atoms with E-state index in [2.05, 4.69) is 4.18 Å². The average molecular weight is 509 g/mol. The Hall–Kier alpha value is -1.73. The smallest absolute Gasteiger partial charge is 0.297 e. The number of aliphatic hydroxyl groups excluding tert-OH is 1. The summed E-state index contributed by atoms with van der Waals surface area (Å²) in [6.45, 7) is 1.53. The van der Waals surface area contributed by atoms with Crippen LogP contribution in [0.15, 0.2) is 58.3 Å². The molecule has 0 aromatic heterocycles. The summed E-state index contributed by atoms with van der Waals surface area (Å²) in [6.07, 6.45) is -5.36. The van der Waals surface area contributed by atoms with Crippen LogP contribution >= 0.6 is 10.7 Å². The summed E-state index contributed by atoms with van der Waals surface area (Å²) in [4.78, 5) is 0.0264. The van der Waals surface area contributed by atoms with Crippen molar-refractivity contribution in [3.8, 4) is 0 Å². The number of benzene rings is 2. The van der Waals surface area contributed by atoms with Crippen LogP contribution < -0.4 is 0 Å². The molecule has 0 aliphatic heterocycles. The van der Waals surface area contributed by atoms with E-state index in [0.717, 1.165) is 11.1 Å². The third kappa shape index (κ3) is 13.3. The number of aliphatic hydroxyl groups is 1. The van der Waals surface area contributed by atoms with Crippen molar-refractivity contribution in [2.75, 3.05) is 13.2 Å². The molecule has 0 saturated carbocycles. The third-order valence-electron chi connectivity index (χ3n) is 3.10. The van der Waals surface area contributed by atoms with Gasteiger partial charge in [0, 0.05) is 10.7 Å². The van der Waals surface area contributed by atoms with E-state index in [1.54, 1.807) is 31.2 Å². The van der Waals surface area contributed by atoms with Crippen molar-refractivity contribution in [2.45, 2.75) is 36.5 Å². The normalized spacial score (nSPS) is 11.4. The minimum atomic E-state index is -4.05. The highest BCUT2D eigenvalue weighted by Crippen LogP contribution is 2.15. The highest BCUT2D eigenvalue weighted by atomic mass is 35.7. The third-order valence-corrected chi connectivity index (χ3v) is 5.77. The number of hydrogen-bond donors (Lipinski definition) is 1. The lowest BCUT2D eigenvalue weighted by molar-refractivity contribution is 0.0700. The van der Waals surface area contributed by atoms with Crippen molar-refractivity contribution in [1.82, 2.24) is 0 Å². The molecule has 31 heavy (non-hydrogen) atoms. The van der Waals surface area contributed by atoms with Crippen LogP contribution in [0.3, 0.4) is 0 Å². The molecule has 6 nitrogen and oxygen atoms in total. The Balaban J connectivity index is 0.000000492. The lowest BCUT2D eigenvalue weighted by atomic mass is 10.2. The molecule has 0 unspecified atom stereocenters. The van der Waals surface area contributed by atoms with Crippen molar-refractivity contribution in [1.29, 1.82) is 0 Å². The number of rotatable bonds is 6. The summed E-state index contributed by atoms with van der Waals surface area (Å²) in [5, 5.41) is 7.39. The van der Waals surface area contributed by atoms with Crippen LogP contribution in [-0.4, -0.2) is 48.0 Å². The summed E-state index contributed by atoms with van der Waals surface area (Å²) in [5.41, 5.74) is 1.89. The first-order valence-corrected chi connectivity index (χ1v) is 12.1. The monoisotopic (exact) mass is 508 g/mol. The van der Waals surface area contributed by atoms with E-state index >= 15 is 0 Å². The molecule has 0 amide bonds. The molecule has 1 N–H and O–H groups in total. The molecule has 2 aromatic carbocycles. The maximum absolute atomic E-state index is 11.8. The molecule has 2 aromatic rings. The van der Waals surface area contributed by atoms with Gasteiger partial charge in [0.15, 0.2) is 0 Å². The van der Waals surface area contributed by atoms with Crippen LogP contribution in [0.2, 0.25) is 0 Å². The van der Waals surface area contributed by atoms with E-state index in [4.69, 9.17) is 15.8 Å². The largest absolute Gasteiger partial charge is 0.390 e. The van der Waals surface area contributed by atoms with Gasteiger partial charge in [-0.1, -0.05) is 35.4 Å². The molecule has 13 heteroatoms. The highest BCUT2D eigenvalue weighted by Gasteiger charge is 2.17. The van der Waals surface area contributed by atoms with Gasteiger partial charge in [0.1, 0.15) is 13.2 Å². The van der Waals surface area contributed by atoms with E-state index in [1.807, 2.05) is 6.92 Å². The number of aryl methyl sites for hydroxylation is 2. The second kappa shape index (κ2) is 13.6. The number of alkyl halides is 4. The molecule has 0 aliphatic rings. The molecule has 0 atom stereocenters. The standard InChI is InChI=1S/C9H10F2O3S.C7H7ClO2S.C2H4F2O/c1-7-2-4-8(5-3-7)15(12,13)14-6-9(10)11;1-6-2-4-7(5-3-6)11(8,9)10;3-2(4)1-5/h2-5,9H,6H2,1H3;2-5H,1H3;2,5H,1H2. The van der Waals surface area contributed by atoms with Crippen LogP contribution in [0.5, 0.6) is 0 Å². The van der Waals surface area contributed by atoms with E-state index in [0.29, 0.717) is 0 Å². The van der Waals surface area contributed by atoms with Gasteiger partial charge in [-0.05, 0) is 38.1 Å². The molecule has 0 spiro atoms. The molecule has 0 heterocycles. The van der Waals surface area contributed by atoms with Gasteiger partial charge in [0.2, 0.25) is 0 Å². The highest BCUT2D eigenvalue weighted by molar-refractivity contribution is 8.13. The topological polar surface area (TPSA) is 97.7 Å². The van der Waals surface area contributed by atoms with Gasteiger partial charge in [0.05, 0.1) is 9.79 Å². The van der Waals surface area contributed by atoms with Crippen molar-refractivity contribution in [3.05, 3.63) is 59.7 Å². The fraction of sp³-hybridized carbons (Fsp3) is 0.333. The minimum Gasteiger partial charge on any atom is -0.390 e. The Labute approximate surface area is 183 Å². The zero-order valence-corrected chi connectivity index (χ0v) is 18.8. The fourth-order valence-corrected chi connectivity index (χ4v) is 3.27. The summed E-state index contributed by atoms with van der Waals surface area (Å²) in [5.74, 6) is 0. The summed E-state index contributed by atoms with van der Waals surface area (Å²) in [6, 6.07) is 12.1. The summed E-state index contributed by atoms with van der Waals surface area (Å²) >= 11 is 0. The predicted molar refractivity (Wildman–Crippen MR) is 108 cm³/mol. The van der Waals surface area contributed by atoms with Crippen molar-refractivity contribution >= 4 is 29.9 Å². The van der Waals surface area contributed by atoms with Crippen LogP contribution in [0.1, 0.15) is 11.1 Å². The molecule has 0 fully saturated rings. The van der Waals surface area contributed by atoms with Gasteiger partial charge in [-0.2, -0.15) is 8.42 Å². The molecular weight excluding hydrogens is 488 g/mol. The maximum atomic E-state index is 11.8.